The number of carbonyl (C=O) groups excluding carboxylic acids is 1. The van der Waals surface area contributed by atoms with Crippen molar-refractivity contribution in [1.82, 2.24) is 5.32 Å². The van der Waals surface area contributed by atoms with Crippen molar-refractivity contribution in [2.24, 2.45) is 22.5 Å². The van der Waals surface area contributed by atoms with Crippen LogP contribution in [-0.2, 0) is 9.53 Å². The van der Waals surface area contributed by atoms with Crippen molar-refractivity contribution in [3.05, 3.63) is 0 Å². The van der Waals surface area contributed by atoms with Crippen molar-refractivity contribution in [2.45, 2.75) is 71.9 Å². The molecule has 5 heteroatoms. The third-order valence-corrected chi connectivity index (χ3v) is 5.66. The summed E-state index contributed by atoms with van der Waals surface area (Å²) >= 11 is 0. The summed E-state index contributed by atoms with van der Waals surface area (Å²) < 4.78 is 5.69. The molecular formula is C17H33ClN2O2. The molecule has 2 unspecified atom stereocenters. The van der Waals surface area contributed by atoms with Crippen LogP contribution in [0.5, 0.6) is 0 Å². The number of hydrogen-bond acceptors (Lipinski definition) is 3. The van der Waals surface area contributed by atoms with E-state index >= 15 is 0 Å². The largest absolute Gasteiger partial charge is 0.378 e. The van der Waals surface area contributed by atoms with Gasteiger partial charge in [-0.15, -0.1) is 12.4 Å². The summed E-state index contributed by atoms with van der Waals surface area (Å²) in [4.78, 5) is 12.6. The van der Waals surface area contributed by atoms with E-state index in [2.05, 4.69) is 19.2 Å². The maximum Gasteiger partial charge on any atom is 0.240 e. The van der Waals surface area contributed by atoms with Crippen LogP contribution in [0.3, 0.4) is 0 Å². The molecule has 2 atom stereocenters. The van der Waals surface area contributed by atoms with E-state index in [1.807, 2.05) is 20.8 Å². The lowest BCUT2D eigenvalue weighted by molar-refractivity contribution is -0.170. The van der Waals surface area contributed by atoms with Crippen LogP contribution in [0.1, 0.15) is 60.3 Å². The molecule has 4 nitrogen and oxygen atoms in total. The highest BCUT2D eigenvalue weighted by molar-refractivity contribution is 5.88. The molecule has 2 fully saturated rings. The quantitative estimate of drug-likeness (QED) is 0.753. The number of nitrogens with two attached hydrogens (primary N) is 1. The minimum Gasteiger partial charge on any atom is -0.378 e. The predicted molar refractivity (Wildman–Crippen MR) is 92.1 cm³/mol. The highest BCUT2D eigenvalue weighted by atomic mass is 35.5. The fraction of sp³-hybridized carbons (Fsp3) is 0.941. The molecule has 1 amide bonds. The Hall–Kier alpha value is -0.320. The van der Waals surface area contributed by atoms with E-state index in [1.165, 1.54) is 19.3 Å². The topological polar surface area (TPSA) is 64.3 Å². The number of halogens is 1. The van der Waals surface area contributed by atoms with E-state index in [0.29, 0.717) is 24.4 Å². The molecular weight excluding hydrogens is 300 g/mol. The Balaban J connectivity index is 0.00000242. The van der Waals surface area contributed by atoms with E-state index < -0.39 is 5.54 Å². The molecule has 22 heavy (non-hydrogen) atoms. The van der Waals surface area contributed by atoms with Crippen LogP contribution < -0.4 is 11.1 Å². The minimum absolute atomic E-state index is 0. The SMILES string of the molecule is CCOC1CC(N)(C(=O)NCC2(CC(C)C)CC2)C1(C)C.Cl. The fourth-order valence-corrected chi connectivity index (χ4v) is 3.74. The molecule has 0 aromatic rings. The van der Waals surface area contributed by atoms with E-state index in [0.717, 1.165) is 6.54 Å². The monoisotopic (exact) mass is 332 g/mol. The maximum absolute atomic E-state index is 12.6. The molecule has 2 aliphatic rings. The molecule has 2 aliphatic carbocycles. The normalized spacial score (nSPS) is 31.1. The van der Waals surface area contributed by atoms with Crippen LogP contribution >= 0.6 is 12.4 Å². The molecule has 2 saturated carbocycles. The van der Waals surface area contributed by atoms with Gasteiger partial charge in [0.2, 0.25) is 5.91 Å². The second-order valence-corrected chi connectivity index (χ2v) is 8.12. The molecule has 130 valence electrons. The predicted octanol–water partition coefficient (Wildman–Crippen LogP) is 2.88. The zero-order chi connectivity index (χ0) is 15.9. The van der Waals surface area contributed by atoms with Gasteiger partial charge in [-0.25, -0.2) is 0 Å². The summed E-state index contributed by atoms with van der Waals surface area (Å²) in [7, 11) is 0. The first-order chi connectivity index (χ1) is 9.67. The molecule has 0 spiro atoms. The van der Waals surface area contributed by atoms with Crippen molar-refractivity contribution in [1.29, 1.82) is 0 Å². The summed E-state index contributed by atoms with van der Waals surface area (Å²) in [6.45, 7) is 12.0. The lowest BCUT2D eigenvalue weighted by Gasteiger charge is -2.57. The summed E-state index contributed by atoms with van der Waals surface area (Å²) in [5.41, 5.74) is 5.65. The maximum atomic E-state index is 12.6. The van der Waals surface area contributed by atoms with Gasteiger partial charge in [0.15, 0.2) is 0 Å². The lowest BCUT2D eigenvalue weighted by atomic mass is 9.54. The summed E-state index contributed by atoms with van der Waals surface area (Å²) in [5.74, 6) is 0.678. The van der Waals surface area contributed by atoms with Crippen LogP contribution in [0, 0.1) is 16.7 Å². The summed E-state index contributed by atoms with van der Waals surface area (Å²) in [5, 5.41) is 3.13. The molecule has 3 N–H and O–H groups in total. The Kier molecular flexibility index (Phi) is 5.97. The van der Waals surface area contributed by atoms with Crippen LogP contribution in [0.2, 0.25) is 0 Å². The number of hydrogen-bond donors (Lipinski definition) is 2. The van der Waals surface area contributed by atoms with Gasteiger partial charge >= 0.3 is 0 Å². The van der Waals surface area contributed by atoms with Gasteiger partial charge in [-0.1, -0.05) is 27.7 Å². The highest BCUT2D eigenvalue weighted by Crippen LogP contribution is 2.52. The van der Waals surface area contributed by atoms with Crippen molar-refractivity contribution in [3.8, 4) is 0 Å². The minimum atomic E-state index is -0.791. The Morgan fingerprint density at radius 3 is 2.36 bits per heavy atom. The molecule has 0 heterocycles. The van der Waals surface area contributed by atoms with E-state index in [9.17, 15) is 4.79 Å². The average molecular weight is 333 g/mol. The van der Waals surface area contributed by atoms with Crippen molar-refractivity contribution in [3.63, 3.8) is 0 Å². The standard InChI is InChI=1S/C17H32N2O2.ClH/c1-6-21-13-10-17(18,15(13,4)5)14(20)19-11-16(7-8-16)9-12(2)3;/h12-13H,6-11,18H2,1-5H3,(H,19,20);1H. The van der Waals surface area contributed by atoms with E-state index in [-0.39, 0.29) is 29.8 Å². The second-order valence-electron chi connectivity index (χ2n) is 8.12. The number of amides is 1. The van der Waals surface area contributed by atoms with Crippen LogP contribution in [-0.4, -0.2) is 30.7 Å². The number of carbonyl (C=O) groups is 1. The van der Waals surface area contributed by atoms with Gasteiger partial charge in [0.05, 0.1) is 6.10 Å². The van der Waals surface area contributed by atoms with Gasteiger partial charge in [-0.05, 0) is 37.5 Å². The van der Waals surface area contributed by atoms with Crippen LogP contribution in [0.25, 0.3) is 0 Å². The zero-order valence-electron chi connectivity index (χ0n) is 14.7. The molecule has 2 rings (SSSR count). The Morgan fingerprint density at radius 2 is 1.95 bits per heavy atom. The van der Waals surface area contributed by atoms with Gasteiger partial charge < -0.3 is 15.8 Å². The number of rotatable bonds is 7. The van der Waals surface area contributed by atoms with Crippen LogP contribution in [0.15, 0.2) is 0 Å². The highest BCUT2D eigenvalue weighted by Gasteiger charge is 2.63. The summed E-state index contributed by atoms with van der Waals surface area (Å²) in [6, 6.07) is 0. The van der Waals surface area contributed by atoms with Gasteiger partial charge in [0.1, 0.15) is 5.54 Å². The van der Waals surface area contributed by atoms with Gasteiger partial charge in [0.25, 0.3) is 0 Å². The molecule has 0 radical (unpaired) electrons. The molecule has 0 aromatic heterocycles. The number of ether oxygens (including phenoxy) is 1. The zero-order valence-corrected chi connectivity index (χ0v) is 15.5. The molecule has 0 saturated heterocycles. The molecule has 0 bridgehead atoms. The Bertz CT molecular complexity index is 407. The van der Waals surface area contributed by atoms with E-state index in [1.54, 1.807) is 0 Å². The lowest BCUT2D eigenvalue weighted by Crippen LogP contribution is -2.76. The first kappa shape index (κ1) is 19.7. The van der Waals surface area contributed by atoms with Crippen molar-refractivity contribution < 1.29 is 9.53 Å². The second kappa shape index (κ2) is 6.66. The average Bonchev–Trinajstić information content (AvgIpc) is 3.14. The van der Waals surface area contributed by atoms with E-state index in [4.69, 9.17) is 10.5 Å². The third kappa shape index (κ3) is 3.44. The third-order valence-electron chi connectivity index (χ3n) is 5.66. The Labute approximate surface area is 141 Å². The van der Waals surface area contributed by atoms with Crippen molar-refractivity contribution in [2.75, 3.05) is 13.2 Å². The first-order valence-electron chi connectivity index (χ1n) is 8.36. The molecule has 0 aliphatic heterocycles. The van der Waals surface area contributed by atoms with Crippen molar-refractivity contribution >= 4 is 18.3 Å². The summed E-state index contributed by atoms with van der Waals surface area (Å²) in [6.07, 6.45) is 4.36. The Morgan fingerprint density at radius 1 is 1.36 bits per heavy atom. The van der Waals surface area contributed by atoms with Gasteiger partial charge in [-0.3, -0.25) is 4.79 Å². The van der Waals surface area contributed by atoms with Crippen LogP contribution in [0.4, 0.5) is 0 Å². The van der Waals surface area contributed by atoms with Gasteiger partial charge in [0, 0.05) is 25.0 Å². The van der Waals surface area contributed by atoms with Gasteiger partial charge in [-0.2, -0.15) is 0 Å². The smallest absolute Gasteiger partial charge is 0.240 e. The molecule has 0 aromatic carbocycles. The number of nitrogens with one attached hydrogen (secondary N) is 1. The fourth-order valence-electron chi connectivity index (χ4n) is 3.74. The first-order valence-corrected chi connectivity index (χ1v) is 8.36.